The summed E-state index contributed by atoms with van der Waals surface area (Å²) in [5.41, 5.74) is 4.01. The molecular formula is C28H21NO2S. The van der Waals surface area contributed by atoms with Crippen molar-refractivity contribution in [2.24, 2.45) is 0 Å². The predicted octanol–water partition coefficient (Wildman–Crippen LogP) is 7.40. The van der Waals surface area contributed by atoms with Crippen molar-refractivity contribution < 1.29 is 9.53 Å². The monoisotopic (exact) mass is 435 g/mol. The number of carbonyl (C=O) groups excluding carboxylic acids is 1. The van der Waals surface area contributed by atoms with Gasteiger partial charge in [0.15, 0.2) is 0 Å². The number of carbonyl (C=O) groups is 1. The van der Waals surface area contributed by atoms with Crippen molar-refractivity contribution in [2.45, 2.75) is 6.61 Å². The molecule has 156 valence electrons. The molecule has 0 radical (unpaired) electrons. The van der Waals surface area contributed by atoms with E-state index in [0.29, 0.717) is 11.5 Å². The molecule has 5 rings (SSSR count). The molecule has 0 spiro atoms. The Morgan fingerprint density at radius 3 is 2.34 bits per heavy atom. The number of ether oxygens (including phenoxy) is 1. The third-order valence-corrected chi connectivity index (χ3v) is 6.32. The molecule has 0 saturated carbocycles. The molecule has 5 aromatic rings. The molecule has 1 N–H and O–H groups in total. The van der Waals surface area contributed by atoms with Gasteiger partial charge in [-0.25, -0.2) is 0 Å². The highest BCUT2D eigenvalue weighted by Gasteiger charge is 2.11. The van der Waals surface area contributed by atoms with E-state index in [1.165, 1.54) is 11.3 Å². The van der Waals surface area contributed by atoms with Crippen LogP contribution in [-0.2, 0) is 6.61 Å². The highest BCUT2D eigenvalue weighted by Crippen LogP contribution is 2.28. The van der Waals surface area contributed by atoms with E-state index < -0.39 is 0 Å². The Kier molecular flexibility index (Phi) is 5.69. The lowest BCUT2D eigenvalue weighted by Gasteiger charge is -2.09. The number of rotatable bonds is 6. The van der Waals surface area contributed by atoms with E-state index in [1.54, 1.807) is 0 Å². The first kappa shape index (κ1) is 20.0. The van der Waals surface area contributed by atoms with Gasteiger partial charge in [0.25, 0.3) is 5.91 Å². The van der Waals surface area contributed by atoms with Gasteiger partial charge in [0, 0.05) is 10.4 Å². The molecule has 3 nitrogen and oxygen atoms in total. The number of fused-ring (bicyclic) bond motifs is 1. The van der Waals surface area contributed by atoms with Crippen molar-refractivity contribution >= 4 is 33.0 Å². The zero-order chi connectivity index (χ0) is 21.8. The van der Waals surface area contributed by atoms with Crippen LogP contribution in [0.15, 0.2) is 109 Å². The Hall–Kier alpha value is -3.89. The van der Waals surface area contributed by atoms with Gasteiger partial charge >= 0.3 is 0 Å². The summed E-state index contributed by atoms with van der Waals surface area (Å²) >= 11 is 1.50. The molecule has 0 aliphatic carbocycles. The van der Waals surface area contributed by atoms with Crippen LogP contribution in [0, 0.1) is 0 Å². The van der Waals surface area contributed by atoms with Crippen LogP contribution in [-0.4, -0.2) is 5.91 Å². The molecule has 1 amide bonds. The van der Waals surface area contributed by atoms with Gasteiger partial charge in [-0.2, -0.15) is 0 Å². The minimum Gasteiger partial charge on any atom is -0.489 e. The van der Waals surface area contributed by atoms with E-state index >= 15 is 0 Å². The minimum atomic E-state index is -0.0898. The lowest BCUT2D eigenvalue weighted by Crippen LogP contribution is -2.09. The number of hydrogen-bond acceptors (Lipinski definition) is 3. The van der Waals surface area contributed by atoms with E-state index in [-0.39, 0.29) is 5.91 Å². The number of thiophene rings is 1. The van der Waals surface area contributed by atoms with Crippen molar-refractivity contribution in [3.63, 3.8) is 0 Å². The normalized spacial score (nSPS) is 10.8. The van der Waals surface area contributed by atoms with Crippen LogP contribution in [0.3, 0.4) is 0 Å². The second kappa shape index (κ2) is 9.08. The minimum absolute atomic E-state index is 0.0898. The van der Waals surface area contributed by atoms with Gasteiger partial charge in [-0.3, -0.25) is 4.79 Å². The molecule has 0 atom stereocenters. The van der Waals surface area contributed by atoms with E-state index in [2.05, 4.69) is 5.32 Å². The largest absolute Gasteiger partial charge is 0.489 e. The number of benzene rings is 4. The molecule has 1 aromatic heterocycles. The van der Waals surface area contributed by atoms with E-state index in [9.17, 15) is 4.79 Å². The fourth-order valence-electron chi connectivity index (χ4n) is 3.55. The zero-order valence-electron chi connectivity index (χ0n) is 17.3. The number of hydrogen-bond donors (Lipinski definition) is 1. The average Bonchev–Trinajstić information content (AvgIpc) is 3.29. The lowest BCUT2D eigenvalue weighted by atomic mass is 10.0. The summed E-state index contributed by atoms with van der Waals surface area (Å²) in [6, 6.07) is 36.0. The highest BCUT2D eigenvalue weighted by molar-refractivity contribution is 7.20. The first-order chi connectivity index (χ1) is 15.7. The molecule has 32 heavy (non-hydrogen) atoms. The summed E-state index contributed by atoms with van der Waals surface area (Å²) < 4.78 is 6.99. The van der Waals surface area contributed by atoms with Crippen LogP contribution in [0.5, 0.6) is 5.75 Å². The Bertz CT molecular complexity index is 1320. The number of anilines is 1. The summed E-state index contributed by atoms with van der Waals surface area (Å²) in [7, 11) is 0. The topological polar surface area (TPSA) is 38.3 Å². The molecule has 0 unspecified atom stereocenters. The van der Waals surface area contributed by atoms with Crippen molar-refractivity contribution in [1.82, 2.24) is 0 Å². The molecule has 0 fully saturated rings. The van der Waals surface area contributed by atoms with Crippen LogP contribution >= 0.6 is 11.3 Å². The zero-order valence-corrected chi connectivity index (χ0v) is 18.1. The average molecular weight is 436 g/mol. The quantitative estimate of drug-likeness (QED) is 0.302. The molecule has 0 aliphatic heterocycles. The van der Waals surface area contributed by atoms with Crippen LogP contribution < -0.4 is 10.1 Å². The van der Waals surface area contributed by atoms with Crippen LogP contribution in [0.1, 0.15) is 15.2 Å². The third-order valence-electron chi connectivity index (χ3n) is 5.21. The van der Waals surface area contributed by atoms with Gasteiger partial charge in [-0.15, -0.1) is 11.3 Å². The lowest BCUT2D eigenvalue weighted by molar-refractivity contribution is 0.103. The summed E-state index contributed by atoms with van der Waals surface area (Å²) in [4.78, 5) is 13.5. The number of amides is 1. The van der Waals surface area contributed by atoms with Crippen molar-refractivity contribution in [3.05, 3.63) is 120 Å². The maximum atomic E-state index is 12.7. The Labute approximate surface area is 190 Å². The van der Waals surface area contributed by atoms with Crippen molar-refractivity contribution in [1.29, 1.82) is 0 Å². The van der Waals surface area contributed by atoms with Crippen LogP contribution in [0.2, 0.25) is 0 Å². The first-order valence-corrected chi connectivity index (χ1v) is 11.2. The van der Waals surface area contributed by atoms with Gasteiger partial charge in [0.05, 0.1) is 4.88 Å². The Morgan fingerprint density at radius 2 is 1.53 bits per heavy atom. The molecule has 0 aliphatic rings. The molecule has 4 heteroatoms. The standard InChI is InChI=1S/C28H21NO2S/c30-28(27-18-23-9-4-5-12-26(23)32-27)29-24-11-6-10-22(17-24)21-13-15-25(16-14-21)31-19-20-7-2-1-3-8-20/h1-18H,19H2,(H,29,30). The van der Waals surface area contributed by atoms with Gasteiger partial charge < -0.3 is 10.1 Å². The van der Waals surface area contributed by atoms with Gasteiger partial charge in [-0.1, -0.05) is 72.8 Å². The maximum absolute atomic E-state index is 12.7. The van der Waals surface area contributed by atoms with E-state index in [1.807, 2.05) is 109 Å². The molecule has 1 heterocycles. The summed E-state index contributed by atoms with van der Waals surface area (Å²) in [5, 5.41) is 4.11. The van der Waals surface area contributed by atoms with Gasteiger partial charge in [-0.05, 0) is 58.5 Å². The third kappa shape index (κ3) is 4.56. The van der Waals surface area contributed by atoms with Crippen molar-refractivity contribution in [2.75, 3.05) is 5.32 Å². The molecule has 0 saturated heterocycles. The Balaban J connectivity index is 1.27. The highest BCUT2D eigenvalue weighted by atomic mass is 32.1. The van der Waals surface area contributed by atoms with Gasteiger partial charge in [0.2, 0.25) is 0 Å². The molecule has 0 bridgehead atoms. The molecular weight excluding hydrogens is 414 g/mol. The smallest absolute Gasteiger partial charge is 0.265 e. The van der Waals surface area contributed by atoms with E-state index in [0.717, 1.165) is 38.2 Å². The summed E-state index contributed by atoms with van der Waals surface area (Å²) in [6.07, 6.45) is 0. The first-order valence-electron chi connectivity index (χ1n) is 10.4. The Morgan fingerprint density at radius 1 is 0.750 bits per heavy atom. The van der Waals surface area contributed by atoms with Crippen molar-refractivity contribution in [3.8, 4) is 16.9 Å². The fourth-order valence-corrected chi connectivity index (χ4v) is 4.51. The molecule has 4 aromatic carbocycles. The predicted molar refractivity (Wildman–Crippen MR) is 132 cm³/mol. The maximum Gasteiger partial charge on any atom is 0.265 e. The SMILES string of the molecule is O=C(Nc1cccc(-c2ccc(OCc3ccccc3)cc2)c1)c1cc2ccccc2s1. The van der Waals surface area contributed by atoms with Gasteiger partial charge in [0.1, 0.15) is 12.4 Å². The van der Waals surface area contributed by atoms with E-state index in [4.69, 9.17) is 4.74 Å². The number of nitrogens with one attached hydrogen (secondary N) is 1. The fraction of sp³-hybridized carbons (Fsp3) is 0.0357. The van der Waals surface area contributed by atoms with Crippen LogP contribution in [0.4, 0.5) is 5.69 Å². The van der Waals surface area contributed by atoms with Crippen LogP contribution in [0.25, 0.3) is 21.2 Å². The summed E-state index contributed by atoms with van der Waals surface area (Å²) in [5.74, 6) is 0.736. The second-order valence-electron chi connectivity index (χ2n) is 7.48. The summed E-state index contributed by atoms with van der Waals surface area (Å²) in [6.45, 7) is 0.541. The second-order valence-corrected chi connectivity index (χ2v) is 8.57.